The highest BCUT2D eigenvalue weighted by Crippen LogP contribution is 2.32. The van der Waals surface area contributed by atoms with Gasteiger partial charge in [0, 0.05) is 18.7 Å². The fourth-order valence-electron chi connectivity index (χ4n) is 2.67. The Kier molecular flexibility index (Phi) is 3.90. The zero-order valence-corrected chi connectivity index (χ0v) is 15.8. The van der Waals surface area contributed by atoms with Crippen molar-refractivity contribution in [2.75, 3.05) is 0 Å². The number of rotatable bonds is 4. The molecule has 0 saturated heterocycles. The topological polar surface area (TPSA) is 109 Å². The first-order valence-electron chi connectivity index (χ1n) is 8.49. The third kappa shape index (κ3) is 3.14. The number of ether oxygens (including phenoxy) is 1. The van der Waals surface area contributed by atoms with Gasteiger partial charge in [-0.1, -0.05) is 25.9 Å². The van der Waals surface area contributed by atoms with Gasteiger partial charge in [-0.3, -0.25) is 4.68 Å². The molecule has 4 heterocycles. The van der Waals surface area contributed by atoms with Crippen molar-refractivity contribution in [1.82, 2.24) is 39.7 Å². The van der Waals surface area contributed by atoms with Gasteiger partial charge in [-0.05, 0) is 18.4 Å². The second-order valence-corrected chi connectivity index (χ2v) is 7.33. The first-order valence-corrected chi connectivity index (χ1v) is 8.49. The molecule has 0 saturated carbocycles. The molecule has 0 amide bonds. The first-order chi connectivity index (χ1) is 12.8. The summed E-state index contributed by atoms with van der Waals surface area (Å²) in [4.78, 5) is 4.19. The molecule has 0 N–H and O–H groups in total. The minimum Gasteiger partial charge on any atom is -0.468 e. The van der Waals surface area contributed by atoms with Crippen molar-refractivity contribution < 1.29 is 9.26 Å². The van der Waals surface area contributed by atoms with Gasteiger partial charge in [0.05, 0.1) is 5.69 Å². The summed E-state index contributed by atoms with van der Waals surface area (Å²) in [5.41, 5.74) is 2.09. The Morgan fingerprint density at radius 3 is 2.63 bits per heavy atom. The van der Waals surface area contributed by atoms with Crippen LogP contribution < -0.4 is 4.74 Å². The van der Waals surface area contributed by atoms with Crippen LogP contribution in [0.5, 0.6) is 5.88 Å². The van der Waals surface area contributed by atoms with Crippen LogP contribution in [0.2, 0.25) is 0 Å². The molecule has 0 fully saturated rings. The van der Waals surface area contributed by atoms with E-state index in [-0.39, 0.29) is 12.0 Å². The molecule has 10 nitrogen and oxygen atoms in total. The van der Waals surface area contributed by atoms with Gasteiger partial charge >= 0.3 is 0 Å². The molecule has 0 aliphatic carbocycles. The summed E-state index contributed by atoms with van der Waals surface area (Å²) in [6, 6.07) is 3.72. The van der Waals surface area contributed by atoms with Gasteiger partial charge in [0.1, 0.15) is 12.9 Å². The monoisotopic (exact) mass is 368 g/mol. The molecule has 140 valence electrons. The van der Waals surface area contributed by atoms with E-state index in [2.05, 4.69) is 51.3 Å². The molecular formula is C17H20N8O2. The maximum Gasteiger partial charge on any atom is 0.236 e. The van der Waals surface area contributed by atoms with Crippen LogP contribution >= 0.6 is 0 Å². The SMILES string of the molecule is Cc1cc(-c2nnc3cc(C(C)(C)C)c(OCc4ncnn4C)nn23)on1. The summed E-state index contributed by atoms with van der Waals surface area (Å²) >= 11 is 0. The van der Waals surface area contributed by atoms with E-state index in [1.54, 1.807) is 15.3 Å². The minimum atomic E-state index is -0.196. The van der Waals surface area contributed by atoms with Gasteiger partial charge in [-0.2, -0.15) is 9.61 Å². The Bertz CT molecular complexity index is 1100. The number of nitrogens with zero attached hydrogens (tertiary/aromatic N) is 8. The van der Waals surface area contributed by atoms with Crippen LogP contribution in [0.3, 0.4) is 0 Å². The smallest absolute Gasteiger partial charge is 0.236 e. The lowest BCUT2D eigenvalue weighted by molar-refractivity contribution is 0.266. The molecule has 27 heavy (non-hydrogen) atoms. The lowest BCUT2D eigenvalue weighted by Gasteiger charge is -2.21. The fraction of sp³-hybridized carbons (Fsp3) is 0.412. The molecule has 0 aromatic carbocycles. The van der Waals surface area contributed by atoms with Gasteiger partial charge in [0.2, 0.25) is 17.5 Å². The second kappa shape index (κ2) is 6.15. The molecule has 0 aliphatic rings. The van der Waals surface area contributed by atoms with Crippen molar-refractivity contribution in [3.8, 4) is 17.5 Å². The summed E-state index contributed by atoms with van der Waals surface area (Å²) in [6.45, 7) is 8.36. The van der Waals surface area contributed by atoms with E-state index in [0.717, 1.165) is 11.3 Å². The van der Waals surface area contributed by atoms with Gasteiger partial charge in [-0.25, -0.2) is 4.98 Å². The molecule has 0 unspecified atom stereocenters. The fourth-order valence-corrected chi connectivity index (χ4v) is 2.67. The molecule has 0 radical (unpaired) electrons. The molecular weight excluding hydrogens is 348 g/mol. The van der Waals surface area contributed by atoms with Crippen LogP contribution in [0, 0.1) is 6.92 Å². The van der Waals surface area contributed by atoms with Gasteiger partial charge in [0.25, 0.3) is 0 Å². The average molecular weight is 368 g/mol. The van der Waals surface area contributed by atoms with E-state index in [4.69, 9.17) is 9.26 Å². The zero-order chi connectivity index (χ0) is 19.2. The number of aromatic nitrogens is 8. The maximum absolute atomic E-state index is 6.01. The predicted octanol–water partition coefficient (Wildman–Crippen LogP) is 2.09. The van der Waals surface area contributed by atoms with Crippen molar-refractivity contribution in [2.24, 2.45) is 7.05 Å². The molecule has 0 spiro atoms. The van der Waals surface area contributed by atoms with Crippen molar-refractivity contribution in [2.45, 2.75) is 39.7 Å². The van der Waals surface area contributed by atoms with Crippen LogP contribution in [-0.2, 0) is 19.1 Å². The van der Waals surface area contributed by atoms with E-state index < -0.39 is 0 Å². The van der Waals surface area contributed by atoms with Gasteiger partial charge in [-0.15, -0.1) is 15.3 Å². The summed E-state index contributed by atoms with van der Waals surface area (Å²) in [7, 11) is 1.82. The maximum atomic E-state index is 6.01. The number of fused-ring (bicyclic) bond motifs is 1. The van der Waals surface area contributed by atoms with E-state index in [1.807, 2.05) is 20.0 Å². The van der Waals surface area contributed by atoms with Crippen LogP contribution in [0.1, 0.15) is 37.9 Å². The van der Waals surface area contributed by atoms with E-state index in [1.165, 1.54) is 6.33 Å². The van der Waals surface area contributed by atoms with Crippen LogP contribution in [-0.4, -0.2) is 39.7 Å². The first kappa shape index (κ1) is 17.1. The molecule has 4 rings (SSSR count). The molecule has 4 aromatic heterocycles. The van der Waals surface area contributed by atoms with Crippen molar-refractivity contribution in [3.05, 3.63) is 35.5 Å². The van der Waals surface area contributed by atoms with Crippen molar-refractivity contribution in [3.63, 3.8) is 0 Å². The zero-order valence-electron chi connectivity index (χ0n) is 15.8. The molecule has 0 aliphatic heterocycles. The Morgan fingerprint density at radius 1 is 1.19 bits per heavy atom. The number of hydrogen-bond acceptors (Lipinski definition) is 8. The van der Waals surface area contributed by atoms with E-state index in [9.17, 15) is 0 Å². The van der Waals surface area contributed by atoms with Crippen LogP contribution in [0.15, 0.2) is 23.0 Å². The quantitative estimate of drug-likeness (QED) is 0.539. The second-order valence-electron chi connectivity index (χ2n) is 7.33. The van der Waals surface area contributed by atoms with Crippen LogP contribution in [0.25, 0.3) is 17.2 Å². The van der Waals surface area contributed by atoms with Crippen LogP contribution in [0.4, 0.5) is 0 Å². The Balaban J connectivity index is 1.80. The summed E-state index contributed by atoms with van der Waals surface area (Å²) < 4.78 is 14.6. The summed E-state index contributed by atoms with van der Waals surface area (Å²) in [6.07, 6.45) is 1.49. The lowest BCUT2D eigenvalue weighted by Crippen LogP contribution is -2.17. The molecule has 0 bridgehead atoms. The molecule has 0 atom stereocenters. The minimum absolute atomic E-state index is 0.196. The third-order valence-corrected chi connectivity index (χ3v) is 4.16. The number of hydrogen-bond donors (Lipinski definition) is 0. The van der Waals surface area contributed by atoms with E-state index >= 15 is 0 Å². The molecule has 10 heteroatoms. The highest BCUT2D eigenvalue weighted by atomic mass is 16.5. The Hall–Kier alpha value is -3.30. The average Bonchev–Trinajstić information content (AvgIpc) is 3.31. The highest BCUT2D eigenvalue weighted by molar-refractivity contribution is 5.55. The predicted molar refractivity (Wildman–Crippen MR) is 95.1 cm³/mol. The van der Waals surface area contributed by atoms with Crippen molar-refractivity contribution in [1.29, 1.82) is 0 Å². The van der Waals surface area contributed by atoms with Gasteiger partial charge < -0.3 is 9.26 Å². The lowest BCUT2D eigenvalue weighted by atomic mass is 9.88. The normalized spacial score (nSPS) is 12.0. The number of aryl methyl sites for hydroxylation is 2. The molecule has 4 aromatic rings. The summed E-state index contributed by atoms with van der Waals surface area (Å²) in [5, 5.41) is 21.0. The van der Waals surface area contributed by atoms with E-state index in [0.29, 0.717) is 28.9 Å². The van der Waals surface area contributed by atoms with Gasteiger partial charge in [0.15, 0.2) is 11.5 Å². The summed E-state index contributed by atoms with van der Waals surface area (Å²) in [5.74, 6) is 2.15. The largest absolute Gasteiger partial charge is 0.468 e. The highest BCUT2D eigenvalue weighted by Gasteiger charge is 2.24. The Morgan fingerprint density at radius 2 is 2.00 bits per heavy atom. The third-order valence-electron chi connectivity index (χ3n) is 4.16. The van der Waals surface area contributed by atoms with Crippen molar-refractivity contribution >= 4 is 5.65 Å². The standard InChI is InChI=1S/C17H20N8O2/c1-10-6-12(27-23-10)15-21-20-13-7-11(17(2,3)4)16(22-25(13)15)26-8-14-18-9-19-24(14)5/h6-7,9H,8H2,1-5H3. The Labute approximate surface area is 155 Å².